The van der Waals surface area contributed by atoms with Gasteiger partial charge in [-0.1, -0.05) is 30.3 Å². The van der Waals surface area contributed by atoms with Gasteiger partial charge in [-0.3, -0.25) is 9.79 Å². The highest BCUT2D eigenvalue weighted by Crippen LogP contribution is 2.34. The summed E-state index contributed by atoms with van der Waals surface area (Å²) in [6.45, 7) is 1.76. The zero-order chi connectivity index (χ0) is 17.9. The number of carbonyl (C=O) groups excluding carboxylic acids is 1. The van der Waals surface area contributed by atoms with Crippen molar-refractivity contribution in [1.29, 1.82) is 0 Å². The Morgan fingerprint density at radius 3 is 2.44 bits per heavy atom. The summed E-state index contributed by atoms with van der Waals surface area (Å²) in [5, 5.41) is 7.15. The second-order valence-electron chi connectivity index (χ2n) is 8.03. The molecule has 0 bridgehead atoms. The molecule has 3 aliphatic rings. The van der Waals surface area contributed by atoms with Gasteiger partial charge in [0.1, 0.15) is 0 Å². The molecule has 148 valence electrons. The third-order valence-corrected chi connectivity index (χ3v) is 5.88. The molecule has 1 heterocycles. The summed E-state index contributed by atoms with van der Waals surface area (Å²) in [5.41, 5.74) is 1.41. The minimum atomic E-state index is 0. The predicted molar refractivity (Wildman–Crippen MR) is 119 cm³/mol. The van der Waals surface area contributed by atoms with Gasteiger partial charge in [-0.25, -0.2) is 0 Å². The molecule has 1 saturated heterocycles. The van der Waals surface area contributed by atoms with E-state index in [4.69, 9.17) is 0 Å². The molecule has 6 heteroatoms. The second kappa shape index (κ2) is 9.26. The molecule has 1 amide bonds. The summed E-state index contributed by atoms with van der Waals surface area (Å²) in [5.74, 6) is 2.34. The zero-order valence-electron chi connectivity index (χ0n) is 16.1. The zero-order valence-corrected chi connectivity index (χ0v) is 18.4. The minimum absolute atomic E-state index is 0. The molecule has 4 rings (SSSR count). The van der Waals surface area contributed by atoms with Crippen molar-refractivity contribution in [3.8, 4) is 0 Å². The van der Waals surface area contributed by atoms with Crippen LogP contribution in [-0.2, 0) is 11.2 Å². The molecule has 2 N–H and O–H groups in total. The molecular weight excluding hydrogens is 451 g/mol. The smallest absolute Gasteiger partial charge is 0.225 e. The van der Waals surface area contributed by atoms with Gasteiger partial charge in [-0.15, -0.1) is 24.0 Å². The third kappa shape index (κ3) is 5.59. The van der Waals surface area contributed by atoms with Gasteiger partial charge in [-0.05, 0) is 50.0 Å². The summed E-state index contributed by atoms with van der Waals surface area (Å²) in [6.07, 6.45) is 6.56. The van der Waals surface area contributed by atoms with Crippen molar-refractivity contribution in [3.63, 3.8) is 0 Å². The van der Waals surface area contributed by atoms with Crippen LogP contribution in [0.25, 0.3) is 0 Å². The minimum Gasteiger partial charge on any atom is -0.354 e. The van der Waals surface area contributed by atoms with E-state index in [9.17, 15) is 4.79 Å². The predicted octanol–water partition coefficient (Wildman–Crippen LogP) is 2.80. The van der Waals surface area contributed by atoms with E-state index in [1.807, 2.05) is 7.05 Å². The molecule has 3 fully saturated rings. The number of rotatable bonds is 5. The van der Waals surface area contributed by atoms with Crippen molar-refractivity contribution >= 4 is 35.8 Å². The van der Waals surface area contributed by atoms with E-state index >= 15 is 0 Å². The van der Waals surface area contributed by atoms with Crippen molar-refractivity contribution in [1.82, 2.24) is 15.5 Å². The molecule has 2 saturated carbocycles. The highest BCUT2D eigenvalue weighted by Gasteiger charge is 2.38. The number of amides is 1. The first-order chi connectivity index (χ1) is 12.7. The number of halogens is 1. The lowest BCUT2D eigenvalue weighted by atomic mass is 10.0. The summed E-state index contributed by atoms with van der Waals surface area (Å²) in [7, 11) is 1.84. The number of aliphatic imine (C=N–C) groups is 1. The SMILES string of the molecule is CN=C(NC1CCN(C(=O)C2CC2)CC1)NC1CC1Cc1ccccc1.I. The van der Waals surface area contributed by atoms with Gasteiger partial charge < -0.3 is 15.5 Å². The molecule has 2 unspecified atom stereocenters. The topological polar surface area (TPSA) is 56.7 Å². The number of guanidine groups is 1. The van der Waals surface area contributed by atoms with Gasteiger partial charge in [0, 0.05) is 38.1 Å². The van der Waals surface area contributed by atoms with E-state index in [2.05, 4.69) is 50.9 Å². The first-order valence-electron chi connectivity index (χ1n) is 10.1. The second-order valence-corrected chi connectivity index (χ2v) is 8.03. The molecule has 5 nitrogen and oxygen atoms in total. The maximum atomic E-state index is 12.2. The maximum absolute atomic E-state index is 12.2. The molecule has 1 aromatic carbocycles. The van der Waals surface area contributed by atoms with Gasteiger partial charge in [0.05, 0.1) is 0 Å². The van der Waals surface area contributed by atoms with Gasteiger partial charge in [0.25, 0.3) is 0 Å². The summed E-state index contributed by atoms with van der Waals surface area (Å²) in [4.78, 5) is 18.6. The average Bonchev–Trinajstić information content (AvgIpc) is 3.59. The number of hydrogen-bond donors (Lipinski definition) is 2. The van der Waals surface area contributed by atoms with Crippen LogP contribution in [0.3, 0.4) is 0 Å². The van der Waals surface area contributed by atoms with Crippen LogP contribution in [0.4, 0.5) is 0 Å². The number of likely N-dealkylation sites (tertiary alicyclic amines) is 1. The van der Waals surface area contributed by atoms with Gasteiger partial charge >= 0.3 is 0 Å². The van der Waals surface area contributed by atoms with Crippen LogP contribution in [0.5, 0.6) is 0 Å². The molecule has 2 atom stereocenters. The van der Waals surface area contributed by atoms with Crippen LogP contribution in [0.2, 0.25) is 0 Å². The molecule has 1 aromatic rings. The first-order valence-corrected chi connectivity index (χ1v) is 10.1. The van der Waals surface area contributed by atoms with Crippen LogP contribution in [0.1, 0.15) is 37.7 Å². The first kappa shape index (κ1) is 20.4. The van der Waals surface area contributed by atoms with E-state index in [1.54, 1.807) is 0 Å². The molecule has 2 aliphatic carbocycles. The van der Waals surface area contributed by atoms with Crippen LogP contribution >= 0.6 is 24.0 Å². The number of carbonyl (C=O) groups is 1. The molecule has 0 radical (unpaired) electrons. The monoisotopic (exact) mass is 482 g/mol. The van der Waals surface area contributed by atoms with E-state index < -0.39 is 0 Å². The number of hydrogen-bond acceptors (Lipinski definition) is 2. The Bertz CT molecular complexity index is 653. The van der Waals surface area contributed by atoms with Crippen molar-refractivity contribution < 1.29 is 4.79 Å². The van der Waals surface area contributed by atoms with Gasteiger partial charge in [-0.2, -0.15) is 0 Å². The Hall–Kier alpha value is -1.31. The van der Waals surface area contributed by atoms with Crippen molar-refractivity contribution in [2.24, 2.45) is 16.8 Å². The molecule has 0 aromatic heterocycles. The van der Waals surface area contributed by atoms with Gasteiger partial charge in [0.15, 0.2) is 5.96 Å². The van der Waals surface area contributed by atoms with Crippen molar-refractivity contribution in [2.75, 3.05) is 20.1 Å². The fourth-order valence-electron chi connectivity index (χ4n) is 3.94. The largest absolute Gasteiger partial charge is 0.354 e. The summed E-state index contributed by atoms with van der Waals surface area (Å²) >= 11 is 0. The van der Waals surface area contributed by atoms with Crippen LogP contribution in [0, 0.1) is 11.8 Å². The highest BCUT2D eigenvalue weighted by molar-refractivity contribution is 14.0. The average molecular weight is 482 g/mol. The molecule has 1 aliphatic heterocycles. The highest BCUT2D eigenvalue weighted by atomic mass is 127. The Morgan fingerprint density at radius 2 is 1.81 bits per heavy atom. The number of benzene rings is 1. The van der Waals surface area contributed by atoms with E-state index in [0.29, 0.717) is 29.8 Å². The van der Waals surface area contributed by atoms with Crippen LogP contribution < -0.4 is 10.6 Å². The fraction of sp³-hybridized carbons (Fsp3) is 0.619. The van der Waals surface area contributed by atoms with Crippen LogP contribution in [-0.4, -0.2) is 49.0 Å². The number of piperidine rings is 1. The van der Waals surface area contributed by atoms with Crippen LogP contribution in [0.15, 0.2) is 35.3 Å². The lowest BCUT2D eigenvalue weighted by Crippen LogP contribution is -2.50. The van der Waals surface area contributed by atoms with Crippen molar-refractivity contribution in [3.05, 3.63) is 35.9 Å². The third-order valence-electron chi connectivity index (χ3n) is 5.88. The van der Waals surface area contributed by atoms with E-state index in [0.717, 1.165) is 51.2 Å². The van der Waals surface area contributed by atoms with Crippen molar-refractivity contribution in [2.45, 2.75) is 50.6 Å². The normalized spacial score (nSPS) is 25.5. The lowest BCUT2D eigenvalue weighted by molar-refractivity contribution is -0.133. The Balaban J connectivity index is 0.00000210. The number of nitrogens with zero attached hydrogens (tertiary/aromatic N) is 2. The Morgan fingerprint density at radius 1 is 1.11 bits per heavy atom. The van der Waals surface area contributed by atoms with E-state index in [1.165, 1.54) is 12.0 Å². The maximum Gasteiger partial charge on any atom is 0.225 e. The molecule has 0 spiro atoms. The molecular formula is C21H31IN4O. The Kier molecular flexibility index (Phi) is 7.00. The Labute approximate surface area is 179 Å². The standard InChI is InChI=1S/C21H30N4O.HI/c1-22-21(24-19-14-17(19)13-15-5-3-2-4-6-15)23-18-9-11-25(12-10-18)20(26)16-7-8-16;/h2-6,16-19H,7-14H2,1H3,(H2,22,23,24);1H. The van der Waals surface area contributed by atoms with E-state index in [-0.39, 0.29) is 24.0 Å². The fourth-order valence-corrected chi connectivity index (χ4v) is 3.94. The lowest BCUT2D eigenvalue weighted by Gasteiger charge is -2.33. The summed E-state index contributed by atoms with van der Waals surface area (Å²) in [6, 6.07) is 11.6. The quantitative estimate of drug-likeness (QED) is 0.386. The molecule has 27 heavy (non-hydrogen) atoms. The van der Waals surface area contributed by atoms with Gasteiger partial charge in [0.2, 0.25) is 5.91 Å². The summed E-state index contributed by atoms with van der Waals surface area (Å²) < 4.78 is 0. The number of nitrogens with one attached hydrogen (secondary N) is 2.